The quantitative estimate of drug-likeness (QED) is 0.598. The van der Waals surface area contributed by atoms with E-state index in [1.165, 1.54) is 2.78 Å². The van der Waals surface area contributed by atoms with Gasteiger partial charge in [0, 0.05) is 5.39 Å². The minimum absolute atomic E-state index is 0.332. The number of hydrogen-bond acceptors (Lipinski definition) is 2. The van der Waals surface area contributed by atoms with Crippen molar-refractivity contribution in [3.63, 3.8) is 0 Å². The Morgan fingerprint density at radius 3 is 2.80 bits per heavy atom. The maximum atomic E-state index is 11.4. The number of benzene rings is 2. The Morgan fingerprint density at radius 1 is 1.13 bits per heavy atom. The van der Waals surface area contributed by atoms with Gasteiger partial charge in [0.1, 0.15) is 5.52 Å². The van der Waals surface area contributed by atoms with Gasteiger partial charge in [-0.2, -0.15) is 0 Å². The van der Waals surface area contributed by atoms with E-state index in [0.29, 0.717) is 5.58 Å². The minimum atomic E-state index is -0.332. The van der Waals surface area contributed by atoms with Crippen molar-refractivity contribution >= 4 is 44.7 Å². The van der Waals surface area contributed by atoms with Crippen LogP contribution >= 0.6 is 22.9 Å². The van der Waals surface area contributed by atoms with Crippen LogP contribution in [-0.2, 0) is 0 Å². The molecular formula is C11H6INO2. The lowest BCUT2D eigenvalue weighted by molar-refractivity contribution is 0.553. The van der Waals surface area contributed by atoms with Crippen LogP contribution in [0.3, 0.4) is 0 Å². The summed E-state index contributed by atoms with van der Waals surface area (Å²) in [6.07, 6.45) is 0. The Balaban J connectivity index is 2.69. The fraction of sp³-hybridized carbons (Fsp3) is 0. The van der Waals surface area contributed by atoms with Crippen LogP contribution in [-0.4, -0.2) is 2.78 Å². The van der Waals surface area contributed by atoms with Gasteiger partial charge < -0.3 is 4.42 Å². The number of rotatable bonds is 0. The molecule has 74 valence electrons. The lowest BCUT2D eigenvalue weighted by Crippen LogP contribution is -2.02. The molecule has 0 atom stereocenters. The van der Waals surface area contributed by atoms with Gasteiger partial charge >= 0.3 is 5.76 Å². The van der Waals surface area contributed by atoms with Crippen molar-refractivity contribution < 1.29 is 4.42 Å². The van der Waals surface area contributed by atoms with Crippen molar-refractivity contribution in [1.82, 2.24) is 2.78 Å². The fourth-order valence-electron chi connectivity index (χ4n) is 1.75. The van der Waals surface area contributed by atoms with Gasteiger partial charge in [0.2, 0.25) is 0 Å². The Hall–Kier alpha value is -1.30. The molecule has 0 aliphatic rings. The van der Waals surface area contributed by atoms with Gasteiger partial charge in [-0.25, -0.2) is 7.58 Å². The molecule has 3 rings (SSSR count). The van der Waals surface area contributed by atoms with E-state index >= 15 is 0 Å². The number of oxazole rings is 1. The van der Waals surface area contributed by atoms with Crippen LogP contribution in [0.15, 0.2) is 45.6 Å². The first kappa shape index (κ1) is 8.96. The lowest BCUT2D eigenvalue weighted by atomic mass is 10.1. The number of aromatic nitrogens is 1. The van der Waals surface area contributed by atoms with Crippen LogP contribution in [0, 0.1) is 0 Å². The van der Waals surface area contributed by atoms with Crippen LogP contribution in [0.2, 0.25) is 0 Å². The number of fused-ring (bicyclic) bond motifs is 3. The number of halogens is 1. The maximum Gasteiger partial charge on any atom is 0.429 e. The molecule has 0 aliphatic heterocycles. The van der Waals surface area contributed by atoms with Gasteiger partial charge in [0.05, 0.1) is 22.9 Å². The van der Waals surface area contributed by atoms with E-state index in [0.717, 1.165) is 16.3 Å². The molecule has 0 N–H and O–H groups in total. The van der Waals surface area contributed by atoms with Crippen LogP contribution in [0.4, 0.5) is 0 Å². The lowest BCUT2D eigenvalue weighted by Gasteiger charge is -1.98. The van der Waals surface area contributed by atoms with E-state index in [-0.39, 0.29) is 5.76 Å². The van der Waals surface area contributed by atoms with Crippen molar-refractivity contribution in [3.05, 3.63) is 46.9 Å². The monoisotopic (exact) mass is 311 g/mol. The smallest absolute Gasteiger partial charge is 0.407 e. The highest BCUT2D eigenvalue weighted by atomic mass is 127. The van der Waals surface area contributed by atoms with Crippen LogP contribution in [0.1, 0.15) is 0 Å². The number of nitrogens with zero attached hydrogens (tertiary/aromatic N) is 1. The summed E-state index contributed by atoms with van der Waals surface area (Å²) in [5.41, 5.74) is 1.48. The molecule has 4 heteroatoms. The van der Waals surface area contributed by atoms with E-state index in [1.807, 2.05) is 59.3 Å². The molecule has 2 aromatic carbocycles. The van der Waals surface area contributed by atoms with E-state index in [2.05, 4.69) is 0 Å². The summed E-state index contributed by atoms with van der Waals surface area (Å²) in [7, 11) is 0. The molecule has 0 bridgehead atoms. The van der Waals surface area contributed by atoms with Gasteiger partial charge in [-0.05, 0) is 11.5 Å². The second-order valence-electron chi connectivity index (χ2n) is 3.28. The Labute approximate surface area is 98.8 Å². The van der Waals surface area contributed by atoms with Crippen molar-refractivity contribution in [2.45, 2.75) is 0 Å². The maximum absolute atomic E-state index is 11.4. The van der Waals surface area contributed by atoms with Crippen LogP contribution in [0.5, 0.6) is 0 Å². The molecule has 3 nitrogen and oxygen atoms in total. The third kappa shape index (κ3) is 1.21. The summed E-state index contributed by atoms with van der Waals surface area (Å²) in [6.45, 7) is 0. The molecule has 0 amide bonds. The molecule has 0 radical (unpaired) electrons. The number of hydrogen-bond donors (Lipinski definition) is 0. The summed E-state index contributed by atoms with van der Waals surface area (Å²) in [4.78, 5) is 11.4. The first-order valence-corrected chi connectivity index (χ1v) is 5.43. The first-order chi connectivity index (χ1) is 7.27. The van der Waals surface area contributed by atoms with E-state index in [9.17, 15) is 4.79 Å². The zero-order chi connectivity index (χ0) is 10.4. The van der Waals surface area contributed by atoms with Gasteiger partial charge in [-0.3, -0.25) is 0 Å². The zero-order valence-corrected chi connectivity index (χ0v) is 9.76. The summed E-state index contributed by atoms with van der Waals surface area (Å²) in [5, 5.41) is 2.14. The molecular weight excluding hydrogens is 305 g/mol. The van der Waals surface area contributed by atoms with Crippen molar-refractivity contribution in [2.75, 3.05) is 0 Å². The molecule has 3 aromatic rings. The zero-order valence-electron chi connectivity index (χ0n) is 7.61. The normalized spacial score (nSPS) is 11.3. The SMILES string of the molecule is O=c1oc2ccc3ccccc3c2n1I. The second kappa shape index (κ2) is 3.10. The first-order valence-electron chi connectivity index (χ1n) is 4.47. The van der Waals surface area contributed by atoms with Crippen molar-refractivity contribution in [1.29, 1.82) is 0 Å². The average molecular weight is 311 g/mol. The molecule has 1 aromatic heterocycles. The van der Waals surface area contributed by atoms with Crippen molar-refractivity contribution in [2.24, 2.45) is 0 Å². The molecule has 15 heavy (non-hydrogen) atoms. The summed E-state index contributed by atoms with van der Waals surface area (Å²) in [5.74, 6) is -0.332. The third-order valence-corrected chi connectivity index (χ3v) is 3.29. The third-order valence-electron chi connectivity index (χ3n) is 2.42. The van der Waals surface area contributed by atoms with Crippen LogP contribution < -0.4 is 5.76 Å². The molecule has 1 heterocycles. The highest BCUT2D eigenvalue weighted by Crippen LogP contribution is 2.25. The van der Waals surface area contributed by atoms with Gasteiger partial charge in [0.15, 0.2) is 5.58 Å². The fourth-order valence-corrected chi connectivity index (χ4v) is 2.34. The summed E-state index contributed by atoms with van der Waals surface area (Å²) < 4.78 is 6.62. The van der Waals surface area contributed by atoms with Gasteiger partial charge in [0.25, 0.3) is 0 Å². The Kier molecular flexibility index (Phi) is 1.85. The molecule has 0 unspecified atom stereocenters. The van der Waals surface area contributed by atoms with Crippen LogP contribution in [0.25, 0.3) is 21.9 Å². The largest absolute Gasteiger partial charge is 0.429 e. The highest BCUT2D eigenvalue weighted by molar-refractivity contribution is 14.1. The highest BCUT2D eigenvalue weighted by Gasteiger charge is 2.09. The molecule has 0 aliphatic carbocycles. The minimum Gasteiger partial charge on any atom is -0.407 e. The second-order valence-corrected chi connectivity index (χ2v) is 4.25. The Morgan fingerprint density at radius 2 is 1.93 bits per heavy atom. The van der Waals surface area contributed by atoms with E-state index in [4.69, 9.17) is 4.42 Å². The van der Waals surface area contributed by atoms with E-state index in [1.54, 1.807) is 0 Å². The topological polar surface area (TPSA) is 35.1 Å². The predicted octanol–water partition coefficient (Wildman–Crippen LogP) is 2.95. The Bertz CT molecular complexity index is 711. The standard InChI is InChI=1S/C11H6INO2/c12-13-10-8-4-2-1-3-7(8)5-6-9(10)15-11(13)14/h1-6H. The molecule has 0 spiro atoms. The molecule has 0 saturated heterocycles. The van der Waals surface area contributed by atoms with Crippen molar-refractivity contribution in [3.8, 4) is 0 Å². The summed E-state index contributed by atoms with van der Waals surface area (Å²) in [6, 6.07) is 11.7. The molecule has 0 fully saturated rings. The summed E-state index contributed by atoms with van der Waals surface area (Å²) >= 11 is 1.96. The predicted molar refractivity (Wildman–Crippen MR) is 67.4 cm³/mol. The van der Waals surface area contributed by atoms with E-state index < -0.39 is 0 Å². The van der Waals surface area contributed by atoms with Gasteiger partial charge in [-0.1, -0.05) is 30.3 Å². The molecule has 0 saturated carbocycles. The van der Waals surface area contributed by atoms with Gasteiger partial charge in [-0.15, -0.1) is 0 Å². The average Bonchev–Trinajstić information content (AvgIpc) is 2.55.